The van der Waals surface area contributed by atoms with Crippen molar-refractivity contribution in [3.8, 4) is 5.75 Å². The molecule has 0 bridgehead atoms. The van der Waals surface area contributed by atoms with Crippen LogP contribution in [-0.2, 0) is 11.2 Å². The van der Waals surface area contributed by atoms with E-state index in [1.54, 1.807) is 0 Å². The summed E-state index contributed by atoms with van der Waals surface area (Å²) in [7, 11) is 0. The van der Waals surface area contributed by atoms with Crippen LogP contribution < -0.4 is 20.7 Å². The third kappa shape index (κ3) is 5.47. The highest BCUT2D eigenvalue weighted by atomic mass is 16.5. The lowest BCUT2D eigenvalue weighted by molar-refractivity contribution is -0.116. The minimum atomic E-state index is 0.0779. The molecule has 0 radical (unpaired) electrons. The molecule has 1 aromatic rings. The van der Waals surface area contributed by atoms with E-state index < -0.39 is 0 Å². The molecule has 6 nitrogen and oxygen atoms in total. The molecule has 1 aromatic carbocycles. The van der Waals surface area contributed by atoms with Gasteiger partial charge in [-0.05, 0) is 51.0 Å². The van der Waals surface area contributed by atoms with Crippen molar-refractivity contribution < 1.29 is 9.53 Å². The van der Waals surface area contributed by atoms with E-state index in [9.17, 15) is 4.79 Å². The van der Waals surface area contributed by atoms with Crippen molar-refractivity contribution in [3.63, 3.8) is 0 Å². The molecule has 23 heavy (non-hydrogen) atoms. The first kappa shape index (κ1) is 17.1. The van der Waals surface area contributed by atoms with E-state index in [4.69, 9.17) is 4.74 Å². The van der Waals surface area contributed by atoms with Crippen LogP contribution >= 0.6 is 0 Å². The molecular weight excluding hydrogens is 292 g/mol. The van der Waals surface area contributed by atoms with E-state index in [1.165, 1.54) is 0 Å². The van der Waals surface area contributed by atoms with E-state index in [0.29, 0.717) is 25.6 Å². The maximum Gasteiger partial charge on any atom is 0.224 e. The average molecular weight is 318 g/mol. The van der Waals surface area contributed by atoms with E-state index >= 15 is 0 Å². The van der Waals surface area contributed by atoms with Gasteiger partial charge in [0.25, 0.3) is 0 Å². The molecule has 1 aliphatic rings. The summed E-state index contributed by atoms with van der Waals surface area (Å²) in [6.45, 7) is 8.12. The van der Waals surface area contributed by atoms with Gasteiger partial charge in [0.1, 0.15) is 12.4 Å². The van der Waals surface area contributed by atoms with Gasteiger partial charge in [0.05, 0.1) is 6.54 Å². The van der Waals surface area contributed by atoms with Crippen LogP contribution in [0, 0.1) is 0 Å². The molecule has 0 saturated heterocycles. The van der Waals surface area contributed by atoms with Crippen LogP contribution in [0.15, 0.2) is 23.2 Å². The van der Waals surface area contributed by atoms with Gasteiger partial charge in [-0.2, -0.15) is 0 Å². The Hall–Kier alpha value is -2.24. The maximum atomic E-state index is 11.3. The van der Waals surface area contributed by atoms with Crippen molar-refractivity contribution in [1.29, 1.82) is 0 Å². The van der Waals surface area contributed by atoms with Gasteiger partial charge in [0, 0.05) is 24.7 Å². The number of benzene rings is 1. The highest BCUT2D eigenvalue weighted by Crippen LogP contribution is 2.26. The van der Waals surface area contributed by atoms with Gasteiger partial charge in [-0.25, -0.2) is 4.99 Å². The van der Waals surface area contributed by atoms with Gasteiger partial charge in [-0.15, -0.1) is 0 Å². The fraction of sp³-hybridized carbons (Fsp3) is 0.529. The smallest absolute Gasteiger partial charge is 0.224 e. The van der Waals surface area contributed by atoms with Gasteiger partial charge >= 0.3 is 0 Å². The van der Waals surface area contributed by atoms with Crippen LogP contribution in [0.1, 0.15) is 32.8 Å². The largest absolute Gasteiger partial charge is 0.492 e. The predicted molar refractivity (Wildman–Crippen MR) is 93.1 cm³/mol. The second-order valence-corrected chi connectivity index (χ2v) is 5.78. The maximum absolute atomic E-state index is 11.3. The van der Waals surface area contributed by atoms with Gasteiger partial charge in [-0.1, -0.05) is 0 Å². The standard InChI is InChI=1S/C17H26N4O2/c1-4-18-17(20-12(2)3)19-9-10-23-14-6-7-15-13(11-14)5-8-16(22)21-15/h6-7,11-12H,4-5,8-10H2,1-3H3,(H,21,22)(H2,18,19,20). The topological polar surface area (TPSA) is 74.8 Å². The lowest BCUT2D eigenvalue weighted by atomic mass is 10.0. The highest BCUT2D eigenvalue weighted by Gasteiger charge is 2.14. The Kier molecular flexibility index (Phi) is 6.26. The molecule has 1 amide bonds. The number of carbonyl (C=O) groups excluding carboxylic acids is 1. The number of carbonyl (C=O) groups is 1. The predicted octanol–water partition coefficient (Wildman–Crippen LogP) is 1.91. The van der Waals surface area contributed by atoms with Gasteiger partial charge < -0.3 is 20.7 Å². The Morgan fingerprint density at radius 1 is 1.39 bits per heavy atom. The summed E-state index contributed by atoms with van der Waals surface area (Å²) < 4.78 is 5.76. The number of nitrogens with one attached hydrogen (secondary N) is 3. The van der Waals surface area contributed by atoms with Gasteiger partial charge in [0.15, 0.2) is 5.96 Å². The number of fused-ring (bicyclic) bond motifs is 1. The van der Waals surface area contributed by atoms with Crippen molar-refractivity contribution in [2.75, 3.05) is 25.0 Å². The monoisotopic (exact) mass is 318 g/mol. The zero-order chi connectivity index (χ0) is 16.7. The zero-order valence-electron chi connectivity index (χ0n) is 14.1. The van der Waals surface area contributed by atoms with Gasteiger partial charge in [-0.3, -0.25) is 4.79 Å². The number of rotatable bonds is 6. The fourth-order valence-corrected chi connectivity index (χ4v) is 2.36. The second-order valence-electron chi connectivity index (χ2n) is 5.78. The number of guanidine groups is 1. The number of hydrogen-bond donors (Lipinski definition) is 3. The average Bonchev–Trinajstić information content (AvgIpc) is 2.51. The molecule has 0 fully saturated rings. The summed E-state index contributed by atoms with van der Waals surface area (Å²) >= 11 is 0. The first-order valence-electron chi connectivity index (χ1n) is 8.19. The molecule has 0 atom stereocenters. The minimum absolute atomic E-state index is 0.0779. The summed E-state index contributed by atoms with van der Waals surface area (Å²) in [5, 5.41) is 9.34. The van der Waals surface area contributed by atoms with Crippen LogP contribution in [-0.4, -0.2) is 37.6 Å². The third-order valence-corrected chi connectivity index (χ3v) is 3.37. The Bertz CT molecular complexity index is 570. The summed E-state index contributed by atoms with van der Waals surface area (Å²) in [6, 6.07) is 6.11. The SMILES string of the molecule is CCNC(=NCCOc1ccc2c(c1)CCC(=O)N2)NC(C)C. The number of aryl methyl sites for hydroxylation is 1. The van der Waals surface area contributed by atoms with Crippen molar-refractivity contribution >= 4 is 17.6 Å². The van der Waals surface area contributed by atoms with Crippen molar-refractivity contribution in [3.05, 3.63) is 23.8 Å². The third-order valence-electron chi connectivity index (χ3n) is 3.37. The number of ether oxygens (including phenoxy) is 1. The molecule has 0 aromatic heterocycles. The Labute approximate surface area is 137 Å². The van der Waals surface area contributed by atoms with Crippen molar-refractivity contribution in [1.82, 2.24) is 10.6 Å². The summed E-state index contributed by atoms with van der Waals surface area (Å²) in [4.78, 5) is 15.8. The van der Waals surface area contributed by atoms with E-state index in [2.05, 4.69) is 34.8 Å². The van der Waals surface area contributed by atoms with E-state index in [1.807, 2.05) is 25.1 Å². The number of hydrogen-bond acceptors (Lipinski definition) is 3. The fourth-order valence-electron chi connectivity index (χ4n) is 2.36. The Morgan fingerprint density at radius 2 is 2.22 bits per heavy atom. The van der Waals surface area contributed by atoms with Gasteiger partial charge in [0.2, 0.25) is 5.91 Å². The molecule has 0 unspecified atom stereocenters. The molecule has 0 spiro atoms. The summed E-state index contributed by atoms with van der Waals surface area (Å²) in [6.07, 6.45) is 1.30. The Balaban J connectivity index is 1.85. The van der Waals surface area contributed by atoms with E-state index in [-0.39, 0.29) is 5.91 Å². The number of anilines is 1. The summed E-state index contributed by atoms with van der Waals surface area (Å²) in [5.41, 5.74) is 2.02. The quantitative estimate of drug-likeness (QED) is 0.425. The molecule has 2 rings (SSSR count). The number of aliphatic imine (C=N–C) groups is 1. The first-order chi connectivity index (χ1) is 11.1. The Morgan fingerprint density at radius 3 is 2.96 bits per heavy atom. The van der Waals surface area contributed by atoms with Crippen molar-refractivity contribution in [2.45, 2.75) is 39.7 Å². The number of amides is 1. The molecule has 0 aliphatic carbocycles. The van der Waals surface area contributed by atoms with Crippen molar-refractivity contribution in [2.24, 2.45) is 4.99 Å². The molecule has 6 heteroatoms. The van der Waals surface area contributed by atoms with Crippen LogP contribution in [0.4, 0.5) is 5.69 Å². The molecule has 0 saturated carbocycles. The van der Waals surface area contributed by atoms with E-state index in [0.717, 1.165) is 35.9 Å². The lowest BCUT2D eigenvalue weighted by Gasteiger charge is -2.17. The normalized spacial score (nSPS) is 14.3. The number of nitrogens with zero attached hydrogens (tertiary/aromatic N) is 1. The van der Waals surface area contributed by atoms with Crippen LogP contribution in [0.2, 0.25) is 0 Å². The lowest BCUT2D eigenvalue weighted by Crippen LogP contribution is -2.41. The molecule has 1 heterocycles. The highest BCUT2D eigenvalue weighted by molar-refractivity contribution is 5.94. The van der Waals surface area contributed by atoms with Crippen LogP contribution in [0.3, 0.4) is 0 Å². The molecule has 3 N–H and O–H groups in total. The summed E-state index contributed by atoms with van der Waals surface area (Å²) in [5.74, 6) is 1.70. The van der Waals surface area contributed by atoms with Crippen LogP contribution in [0.5, 0.6) is 5.75 Å². The van der Waals surface area contributed by atoms with Crippen LogP contribution in [0.25, 0.3) is 0 Å². The molecule has 1 aliphatic heterocycles. The minimum Gasteiger partial charge on any atom is -0.492 e. The molecule has 126 valence electrons. The zero-order valence-corrected chi connectivity index (χ0v) is 14.1. The molecular formula is C17H26N4O2. The first-order valence-corrected chi connectivity index (χ1v) is 8.19. The second kappa shape index (κ2) is 8.41.